The molecule has 2 aromatic carbocycles. The molecule has 1 fully saturated rings. The second-order valence-electron chi connectivity index (χ2n) is 6.35. The Hall–Kier alpha value is -2.80. The van der Waals surface area contributed by atoms with E-state index in [4.69, 9.17) is 0 Å². The molecule has 0 atom stereocenters. The molecule has 0 aliphatic carbocycles. The molecule has 1 N–H and O–H groups in total. The number of amidine groups is 1. The average Bonchev–Trinajstić information content (AvgIpc) is 3.05. The van der Waals surface area contributed by atoms with Gasteiger partial charge in [-0.2, -0.15) is 4.99 Å². The highest BCUT2D eigenvalue weighted by molar-refractivity contribution is 8.18. The molecular formula is C20H18FN3O2S. The molecule has 1 amide bonds. The van der Waals surface area contributed by atoms with Crippen LogP contribution in [0.3, 0.4) is 0 Å². The highest BCUT2D eigenvalue weighted by Gasteiger charge is 2.28. The Bertz CT molecular complexity index is 902. The maximum Gasteiger partial charge on any atom is 0.286 e. The zero-order valence-electron chi connectivity index (χ0n) is 14.5. The number of benzene rings is 2. The van der Waals surface area contributed by atoms with Crippen LogP contribution in [-0.4, -0.2) is 47.3 Å². The molecule has 4 rings (SSSR count). The van der Waals surface area contributed by atoms with Crippen molar-refractivity contribution in [3.63, 3.8) is 0 Å². The van der Waals surface area contributed by atoms with E-state index < -0.39 is 0 Å². The number of phenols is 1. The molecule has 0 saturated carbocycles. The molecule has 2 aliphatic rings. The quantitative estimate of drug-likeness (QED) is 0.807. The predicted molar refractivity (Wildman–Crippen MR) is 106 cm³/mol. The van der Waals surface area contributed by atoms with E-state index in [0.717, 1.165) is 42.6 Å². The summed E-state index contributed by atoms with van der Waals surface area (Å²) >= 11 is 1.38. The van der Waals surface area contributed by atoms with Crippen molar-refractivity contribution in [1.82, 2.24) is 4.90 Å². The van der Waals surface area contributed by atoms with Crippen LogP contribution in [-0.2, 0) is 4.79 Å². The van der Waals surface area contributed by atoms with Crippen LogP contribution in [0.25, 0.3) is 6.08 Å². The number of carbonyl (C=O) groups is 1. The van der Waals surface area contributed by atoms with E-state index in [1.54, 1.807) is 42.5 Å². The Morgan fingerprint density at radius 1 is 0.963 bits per heavy atom. The van der Waals surface area contributed by atoms with Crippen LogP contribution in [0.2, 0.25) is 0 Å². The number of hydrogen-bond donors (Lipinski definition) is 1. The third-order valence-electron chi connectivity index (χ3n) is 4.54. The third kappa shape index (κ3) is 3.98. The summed E-state index contributed by atoms with van der Waals surface area (Å²) in [4.78, 5) is 21.3. The van der Waals surface area contributed by atoms with Crippen molar-refractivity contribution in [1.29, 1.82) is 0 Å². The van der Waals surface area contributed by atoms with Crippen molar-refractivity contribution in [3.05, 3.63) is 64.8 Å². The minimum atomic E-state index is -0.236. The number of halogens is 1. The van der Waals surface area contributed by atoms with Crippen LogP contribution < -0.4 is 4.90 Å². The summed E-state index contributed by atoms with van der Waals surface area (Å²) in [6, 6.07) is 13.2. The van der Waals surface area contributed by atoms with Gasteiger partial charge < -0.3 is 14.9 Å². The van der Waals surface area contributed by atoms with Crippen molar-refractivity contribution in [2.75, 3.05) is 31.1 Å². The van der Waals surface area contributed by atoms with Crippen molar-refractivity contribution in [2.45, 2.75) is 0 Å². The van der Waals surface area contributed by atoms with Gasteiger partial charge in [0, 0.05) is 31.9 Å². The topological polar surface area (TPSA) is 56.1 Å². The first-order chi connectivity index (χ1) is 13.1. The van der Waals surface area contributed by atoms with E-state index in [2.05, 4.69) is 14.8 Å². The molecule has 0 bridgehead atoms. The van der Waals surface area contributed by atoms with E-state index in [9.17, 15) is 14.3 Å². The number of phenolic OH excluding ortho intramolecular Hbond substituents is 1. The normalized spacial score (nSPS) is 18.9. The van der Waals surface area contributed by atoms with Gasteiger partial charge in [-0.1, -0.05) is 12.1 Å². The highest BCUT2D eigenvalue weighted by atomic mass is 32.2. The second-order valence-corrected chi connectivity index (χ2v) is 7.36. The van der Waals surface area contributed by atoms with Gasteiger partial charge in [-0.3, -0.25) is 4.79 Å². The predicted octanol–water partition coefficient (Wildman–Crippen LogP) is 3.32. The highest BCUT2D eigenvalue weighted by Crippen LogP contribution is 2.31. The van der Waals surface area contributed by atoms with Gasteiger partial charge in [0.2, 0.25) is 0 Å². The number of nitrogens with zero attached hydrogens (tertiary/aromatic N) is 3. The fraction of sp³-hybridized carbons (Fsp3) is 0.200. The fourth-order valence-corrected chi connectivity index (χ4v) is 4.03. The van der Waals surface area contributed by atoms with Crippen molar-refractivity contribution in [3.8, 4) is 5.75 Å². The fourth-order valence-electron chi connectivity index (χ4n) is 3.06. The first-order valence-electron chi connectivity index (χ1n) is 8.65. The molecule has 2 aliphatic heterocycles. The SMILES string of the molecule is O=C1N=C(N2CCN(c3ccc(F)cc3)CC2)S/C1=C/c1ccc(O)cc1. The van der Waals surface area contributed by atoms with Gasteiger partial charge in [0.1, 0.15) is 11.6 Å². The van der Waals surface area contributed by atoms with Crippen molar-refractivity contribution >= 4 is 34.6 Å². The lowest BCUT2D eigenvalue weighted by molar-refractivity contribution is -0.113. The van der Waals surface area contributed by atoms with Crippen molar-refractivity contribution < 1.29 is 14.3 Å². The molecule has 0 aromatic heterocycles. The number of anilines is 1. The molecule has 0 radical (unpaired) electrons. The lowest BCUT2D eigenvalue weighted by atomic mass is 10.2. The summed E-state index contributed by atoms with van der Waals surface area (Å²) in [5.41, 5.74) is 1.85. The standard InChI is InChI=1S/C20H18FN3O2S/c21-15-3-5-16(6-4-15)23-9-11-24(12-10-23)20-22-19(26)18(27-20)13-14-1-7-17(25)8-2-14/h1-8,13,25H,9-12H2/b18-13+. The first-order valence-corrected chi connectivity index (χ1v) is 9.47. The lowest BCUT2D eigenvalue weighted by Crippen LogP contribution is -2.47. The van der Waals surface area contributed by atoms with Gasteiger partial charge in [0.15, 0.2) is 5.17 Å². The van der Waals surface area contributed by atoms with Gasteiger partial charge in [0.25, 0.3) is 5.91 Å². The smallest absolute Gasteiger partial charge is 0.286 e. The minimum absolute atomic E-state index is 0.193. The van der Waals surface area contributed by atoms with Crippen molar-refractivity contribution in [2.24, 2.45) is 4.99 Å². The van der Waals surface area contributed by atoms with Crippen LogP contribution >= 0.6 is 11.8 Å². The van der Waals surface area contributed by atoms with Crippen LogP contribution in [0, 0.1) is 5.82 Å². The number of thioether (sulfide) groups is 1. The molecule has 5 nitrogen and oxygen atoms in total. The van der Waals surface area contributed by atoms with E-state index >= 15 is 0 Å². The van der Waals surface area contributed by atoms with Crippen LogP contribution in [0.15, 0.2) is 58.4 Å². The second kappa shape index (κ2) is 7.44. The molecule has 2 heterocycles. The summed E-state index contributed by atoms with van der Waals surface area (Å²) in [7, 11) is 0. The van der Waals surface area contributed by atoms with E-state index in [1.165, 1.54) is 23.9 Å². The maximum absolute atomic E-state index is 13.1. The molecule has 1 saturated heterocycles. The van der Waals surface area contributed by atoms with E-state index in [-0.39, 0.29) is 17.5 Å². The first kappa shape index (κ1) is 17.6. The van der Waals surface area contributed by atoms with Crippen LogP contribution in [0.4, 0.5) is 10.1 Å². The van der Waals surface area contributed by atoms with E-state index in [0.29, 0.717) is 4.91 Å². The van der Waals surface area contributed by atoms with E-state index in [1.807, 2.05) is 0 Å². The van der Waals surface area contributed by atoms with Gasteiger partial charge in [-0.15, -0.1) is 0 Å². The summed E-state index contributed by atoms with van der Waals surface area (Å²) in [5.74, 6) is -0.275. The Kier molecular flexibility index (Phi) is 4.85. The summed E-state index contributed by atoms with van der Waals surface area (Å²) in [6.45, 7) is 3.08. The summed E-state index contributed by atoms with van der Waals surface area (Å²) in [5, 5.41) is 10.1. The number of aromatic hydroxyl groups is 1. The Labute approximate surface area is 160 Å². The molecular weight excluding hydrogens is 365 g/mol. The van der Waals surface area contributed by atoms with Gasteiger partial charge in [-0.25, -0.2) is 4.39 Å². The minimum Gasteiger partial charge on any atom is -0.508 e. The zero-order chi connectivity index (χ0) is 18.8. The number of carbonyl (C=O) groups excluding carboxylic acids is 1. The maximum atomic E-state index is 13.1. The molecule has 27 heavy (non-hydrogen) atoms. The number of piperazine rings is 1. The molecule has 0 unspecified atom stereocenters. The lowest BCUT2D eigenvalue weighted by Gasteiger charge is -2.36. The van der Waals surface area contributed by atoms with Gasteiger partial charge in [0.05, 0.1) is 4.91 Å². The van der Waals surface area contributed by atoms with Gasteiger partial charge in [-0.05, 0) is 59.8 Å². The number of rotatable bonds is 2. The van der Waals surface area contributed by atoms with Gasteiger partial charge >= 0.3 is 0 Å². The zero-order valence-corrected chi connectivity index (χ0v) is 15.3. The van der Waals surface area contributed by atoms with Crippen LogP contribution in [0.1, 0.15) is 5.56 Å². The number of aliphatic imine (C=N–C) groups is 1. The summed E-state index contributed by atoms with van der Waals surface area (Å²) < 4.78 is 13.1. The molecule has 2 aromatic rings. The number of hydrogen-bond acceptors (Lipinski definition) is 5. The Balaban J connectivity index is 1.39. The molecule has 0 spiro atoms. The average molecular weight is 383 g/mol. The number of amides is 1. The van der Waals surface area contributed by atoms with Crippen LogP contribution in [0.5, 0.6) is 5.75 Å². The molecule has 138 valence electrons. The Morgan fingerprint density at radius 2 is 1.59 bits per heavy atom. The third-order valence-corrected chi connectivity index (χ3v) is 5.59. The Morgan fingerprint density at radius 3 is 2.26 bits per heavy atom. The molecule has 7 heteroatoms. The largest absolute Gasteiger partial charge is 0.508 e. The summed E-state index contributed by atoms with van der Waals surface area (Å²) in [6.07, 6.45) is 1.79. The monoisotopic (exact) mass is 383 g/mol.